The van der Waals surface area contributed by atoms with Gasteiger partial charge in [-0.25, -0.2) is 9.78 Å². The summed E-state index contributed by atoms with van der Waals surface area (Å²) in [5, 5.41) is 13.9. The van der Waals surface area contributed by atoms with Crippen molar-refractivity contribution in [3.63, 3.8) is 0 Å². The van der Waals surface area contributed by atoms with E-state index in [-0.39, 0.29) is 12.1 Å². The molecule has 3 aromatic rings. The Morgan fingerprint density at radius 1 is 1.29 bits per heavy atom. The lowest BCUT2D eigenvalue weighted by Crippen LogP contribution is -2.21. The maximum atomic E-state index is 12.2. The molecule has 24 heavy (non-hydrogen) atoms. The second-order valence-electron chi connectivity index (χ2n) is 5.60. The van der Waals surface area contributed by atoms with Crippen LogP contribution in [-0.4, -0.2) is 43.1 Å². The highest BCUT2D eigenvalue weighted by molar-refractivity contribution is 5.99. The summed E-state index contributed by atoms with van der Waals surface area (Å²) in [6.45, 7) is 1.51. The van der Waals surface area contributed by atoms with E-state index in [0.717, 1.165) is 19.4 Å². The maximum absolute atomic E-state index is 12.2. The number of amides is 2. The molecule has 1 atom stereocenters. The summed E-state index contributed by atoms with van der Waals surface area (Å²) in [7, 11) is 0. The van der Waals surface area contributed by atoms with Gasteiger partial charge in [-0.05, 0) is 18.9 Å². The van der Waals surface area contributed by atoms with Crippen molar-refractivity contribution in [3.8, 4) is 0 Å². The first-order chi connectivity index (χ1) is 11.8. The summed E-state index contributed by atoms with van der Waals surface area (Å²) in [5.74, 6) is 0.536. The van der Waals surface area contributed by atoms with Crippen LogP contribution in [0.15, 0.2) is 36.9 Å². The van der Waals surface area contributed by atoms with Gasteiger partial charge >= 0.3 is 6.03 Å². The van der Waals surface area contributed by atoms with Crippen LogP contribution in [0.3, 0.4) is 0 Å². The Morgan fingerprint density at radius 3 is 3.12 bits per heavy atom. The monoisotopic (exact) mass is 327 g/mol. The van der Waals surface area contributed by atoms with E-state index in [1.54, 1.807) is 46.1 Å². The highest BCUT2D eigenvalue weighted by Gasteiger charge is 2.16. The Kier molecular flexibility index (Phi) is 3.83. The molecule has 9 heteroatoms. The van der Waals surface area contributed by atoms with Gasteiger partial charge in [0.15, 0.2) is 5.65 Å². The Hall–Kier alpha value is -2.94. The molecular formula is C15H17N7O2. The van der Waals surface area contributed by atoms with Gasteiger partial charge in [0.1, 0.15) is 5.82 Å². The fraction of sp³-hybridized carbons (Fsp3) is 0.333. The molecule has 1 fully saturated rings. The predicted molar refractivity (Wildman–Crippen MR) is 86.8 cm³/mol. The number of fused-ring (bicyclic) bond motifs is 1. The molecule has 9 nitrogen and oxygen atoms in total. The van der Waals surface area contributed by atoms with Gasteiger partial charge in [0.2, 0.25) is 0 Å². The van der Waals surface area contributed by atoms with Crippen molar-refractivity contribution in [2.75, 3.05) is 17.2 Å². The van der Waals surface area contributed by atoms with Crippen molar-refractivity contribution in [1.29, 1.82) is 0 Å². The van der Waals surface area contributed by atoms with E-state index in [4.69, 9.17) is 4.74 Å². The summed E-state index contributed by atoms with van der Waals surface area (Å²) < 4.78 is 8.92. The molecule has 0 saturated carbocycles. The van der Waals surface area contributed by atoms with Crippen molar-refractivity contribution in [2.45, 2.75) is 25.5 Å². The molecule has 0 aliphatic carbocycles. The van der Waals surface area contributed by atoms with Crippen LogP contribution in [0, 0.1) is 0 Å². The average molecular weight is 327 g/mol. The zero-order valence-corrected chi connectivity index (χ0v) is 12.9. The number of anilines is 2. The first-order valence-corrected chi connectivity index (χ1v) is 7.79. The third kappa shape index (κ3) is 3.06. The van der Waals surface area contributed by atoms with Crippen LogP contribution in [0.1, 0.15) is 12.8 Å². The van der Waals surface area contributed by atoms with Gasteiger partial charge in [0, 0.05) is 25.1 Å². The Morgan fingerprint density at radius 2 is 2.25 bits per heavy atom. The largest absolute Gasteiger partial charge is 0.376 e. The van der Waals surface area contributed by atoms with Gasteiger partial charge in [-0.15, -0.1) is 0 Å². The van der Waals surface area contributed by atoms with Crippen LogP contribution in [0.2, 0.25) is 0 Å². The van der Waals surface area contributed by atoms with E-state index in [1.807, 2.05) is 0 Å². The molecule has 1 aliphatic rings. The molecule has 0 radical (unpaired) electrons. The normalized spacial score (nSPS) is 17.2. The number of ether oxygens (including phenoxy) is 1. The molecule has 124 valence electrons. The average Bonchev–Trinajstić information content (AvgIpc) is 3.30. The Balaban J connectivity index is 1.39. The van der Waals surface area contributed by atoms with Crippen molar-refractivity contribution < 1.29 is 9.53 Å². The lowest BCUT2D eigenvalue weighted by atomic mass is 10.2. The van der Waals surface area contributed by atoms with Gasteiger partial charge in [-0.2, -0.15) is 14.7 Å². The van der Waals surface area contributed by atoms with E-state index >= 15 is 0 Å². The summed E-state index contributed by atoms with van der Waals surface area (Å²) >= 11 is 0. The standard InChI is InChI=1S/C15H17N7O2/c23-15(20-14-3-5-16-13-4-6-17-22(13)14)19-11-8-18-21(9-11)10-12-2-1-7-24-12/h3-6,8-9,12H,1-2,7,10H2,(H2,19,20,23). The van der Waals surface area contributed by atoms with Crippen LogP contribution in [0.25, 0.3) is 5.65 Å². The lowest BCUT2D eigenvalue weighted by molar-refractivity contribution is 0.0940. The van der Waals surface area contributed by atoms with Crippen LogP contribution >= 0.6 is 0 Å². The lowest BCUT2D eigenvalue weighted by Gasteiger charge is -2.09. The molecular weight excluding hydrogens is 310 g/mol. The SMILES string of the molecule is O=C(Nc1cnn(CC2CCCO2)c1)Nc1ccnc2ccnn12. The van der Waals surface area contributed by atoms with Crippen LogP contribution in [0.5, 0.6) is 0 Å². The van der Waals surface area contributed by atoms with Gasteiger partial charge in [0.25, 0.3) is 0 Å². The van der Waals surface area contributed by atoms with Crippen molar-refractivity contribution in [3.05, 3.63) is 36.9 Å². The van der Waals surface area contributed by atoms with E-state index in [0.29, 0.717) is 23.7 Å². The van der Waals surface area contributed by atoms with E-state index in [9.17, 15) is 4.79 Å². The molecule has 0 aromatic carbocycles. The molecule has 3 aromatic heterocycles. The Bertz CT molecular complexity index is 850. The molecule has 4 heterocycles. The minimum Gasteiger partial charge on any atom is -0.376 e. The zero-order chi connectivity index (χ0) is 16.4. The minimum absolute atomic E-state index is 0.205. The fourth-order valence-electron chi connectivity index (χ4n) is 2.73. The summed E-state index contributed by atoms with van der Waals surface area (Å²) in [4.78, 5) is 16.3. The zero-order valence-electron chi connectivity index (χ0n) is 12.9. The molecule has 0 spiro atoms. The highest BCUT2D eigenvalue weighted by atomic mass is 16.5. The second kappa shape index (κ2) is 6.28. The van der Waals surface area contributed by atoms with Gasteiger partial charge in [-0.1, -0.05) is 0 Å². The van der Waals surface area contributed by atoms with Gasteiger partial charge in [-0.3, -0.25) is 10.00 Å². The number of aromatic nitrogens is 5. The van der Waals surface area contributed by atoms with E-state index in [1.165, 1.54) is 0 Å². The molecule has 2 N–H and O–H groups in total. The quantitative estimate of drug-likeness (QED) is 0.760. The number of hydrogen-bond donors (Lipinski definition) is 2. The third-order valence-electron chi connectivity index (χ3n) is 3.84. The number of urea groups is 1. The van der Waals surface area contributed by atoms with E-state index in [2.05, 4.69) is 25.8 Å². The van der Waals surface area contributed by atoms with Crippen molar-refractivity contribution in [2.24, 2.45) is 0 Å². The summed E-state index contributed by atoms with van der Waals surface area (Å²) in [5.41, 5.74) is 1.29. The molecule has 4 rings (SSSR count). The van der Waals surface area contributed by atoms with Gasteiger partial charge < -0.3 is 10.1 Å². The molecule has 0 bridgehead atoms. The van der Waals surface area contributed by atoms with Crippen molar-refractivity contribution >= 4 is 23.2 Å². The molecule has 1 saturated heterocycles. The number of carbonyl (C=O) groups is 1. The second-order valence-corrected chi connectivity index (χ2v) is 5.60. The number of nitrogens with one attached hydrogen (secondary N) is 2. The molecule has 2 amide bonds. The molecule has 1 unspecified atom stereocenters. The van der Waals surface area contributed by atoms with Crippen molar-refractivity contribution in [1.82, 2.24) is 24.4 Å². The molecule has 1 aliphatic heterocycles. The minimum atomic E-state index is -0.366. The van der Waals surface area contributed by atoms with E-state index < -0.39 is 0 Å². The Labute approximate surface area is 137 Å². The smallest absolute Gasteiger partial charge is 0.324 e. The van der Waals surface area contributed by atoms with Crippen LogP contribution < -0.4 is 10.6 Å². The first-order valence-electron chi connectivity index (χ1n) is 7.79. The predicted octanol–water partition coefficient (Wildman–Crippen LogP) is 1.75. The number of nitrogens with zero attached hydrogens (tertiary/aromatic N) is 5. The maximum Gasteiger partial charge on any atom is 0.324 e. The number of rotatable bonds is 4. The number of hydrogen-bond acceptors (Lipinski definition) is 5. The summed E-state index contributed by atoms with van der Waals surface area (Å²) in [6, 6.07) is 3.08. The third-order valence-corrected chi connectivity index (χ3v) is 3.84. The van der Waals surface area contributed by atoms with Crippen LogP contribution in [-0.2, 0) is 11.3 Å². The number of carbonyl (C=O) groups excluding carboxylic acids is 1. The summed E-state index contributed by atoms with van der Waals surface area (Å²) in [6.07, 6.45) is 8.99. The van der Waals surface area contributed by atoms with Crippen LogP contribution in [0.4, 0.5) is 16.3 Å². The fourth-order valence-corrected chi connectivity index (χ4v) is 2.73. The first kappa shape index (κ1) is 14.6. The van der Waals surface area contributed by atoms with Gasteiger partial charge in [0.05, 0.1) is 30.7 Å². The highest BCUT2D eigenvalue weighted by Crippen LogP contribution is 2.15. The topological polar surface area (TPSA) is 98.4 Å².